The van der Waals surface area contributed by atoms with Crippen molar-refractivity contribution < 1.29 is 4.79 Å². The molecule has 0 aromatic carbocycles. The van der Waals surface area contributed by atoms with Crippen molar-refractivity contribution in [3.63, 3.8) is 0 Å². The molecule has 1 aliphatic rings. The smallest absolute Gasteiger partial charge is 0.238 e. The number of nitrogens with one attached hydrogen (secondary N) is 2. The minimum absolute atomic E-state index is 0.0609. The van der Waals surface area contributed by atoms with Crippen molar-refractivity contribution in [2.75, 3.05) is 6.54 Å². The highest BCUT2D eigenvalue weighted by molar-refractivity contribution is 7.09. The quantitative estimate of drug-likeness (QED) is 0.858. The largest absolute Gasteiger partial charge is 0.343 e. The molecule has 4 nitrogen and oxygen atoms in total. The fraction of sp³-hybridized carbons (Fsp3) is 0.667. The summed E-state index contributed by atoms with van der Waals surface area (Å²) < 4.78 is 0. The monoisotopic (exact) mass is 253 g/mol. The second-order valence-corrected chi connectivity index (χ2v) is 6.04. The Bertz CT molecular complexity index is 388. The molecule has 2 unspecified atom stereocenters. The summed E-state index contributed by atoms with van der Waals surface area (Å²) in [5.74, 6) is 0.484. The molecule has 1 aliphatic heterocycles. The minimum atomic E-state index is -0.394. The summed E-state index contributed by atoms with van der Waals surface area (Å²) in [6.45, 7) is 7.02. The minimum Gasteiger partial charge on any atom is -0.343 e. The maximum atomic E-state index is 12.2. The summed E-state index contributed by atoms with van der Waals surface area (Å²) in [7, 11) is 0. The number of aromatic nitrogens is 1. The van der Waals surface area contributed by atoms with E-state index in [1.165, 1.54) is 0 Å². The molecular weight excluding hydrogens is 234 g/mol. The van der Waals surface area contributed by atoms with Gasteiger partial charge in [0.05, 0.1) is 11.6 Å². The average Bonchev–Trinajstić information content (AvgIpc) is 2.85. The Morgan fingerprint density at radius 3 is 2.94 bits per heavy atom. The molecule has 0 spiro atoms. The maximum absolute atomic E-state index is 12.2. The van der Waals surface area contributed by atoms with Gasteiger partial charge in [0, 0.05) is 11.6 Å². The molecule has 1 fully saturated rings. The lowest BCUT2D eigenvalue weighted by atomic mass is 10.0. The van der Waals surface area contributed by atoms with Crippen molar-refractivity contribution in [1.82, 2.24) is 15.6 Å². The van der Waals surface area contributed by atoms with Gasteiger partial charge in [-0.15, -0.1) is 11.3 Å². The molecular formula is C12H19N3OS. The lowest BCUT2D eigenvalue weighted by molar-refractivity contribution is -0.125. The predicted octanol–water partition coefficient (Wildman–Crippen LogP) is 1.49. The van der Waals surface area contributed by atoms with E-state index in [9.17, 15) is 4.79 Å². The van der Waals surface area contributed by atoms with Crippen LogP contribution in [0.15, 0.2) is 11.6 Å². The van der Waals surface area contributed by atoms with E-state index in [2.05, 4.69) is 22.5 Å². The first-order valence-electron chi connectivity index (χ1n) is 5.96. The van der Waals surface area contributed by atoms with E-state index in [-0.39, 0.29) is 11.9 Å². The molecule has 94 valence electrons. The van der Waals surface area contributed by atoms with Crippen molar-refractivity contribution in [2.24, 2.45) is 5.92 Å². The highest BCUT2D eigenvalue weighted by atomic mass is 32.1. The lowest BCUT2D eigenvalue weighted by Crippen LogP contribution is -2.50. The van der Waals surface area contributed by atoms with Crippen LogP contribution in [0, 0.1) is 5.92 Å². The van der Waals surface area contributed by atoms with Gasteiger partial charge in [0.15, 0.2) is 0 Å². The maximum Gasteiger partial charge on any atom is 0.238 e. The van der Waals surface area contributed by atoms with Crippen molar-refractivity contribution in [3.8, 4) is 0 Å². The summed E-state index contributed by atoms with van der Waals surface area (Å²) in [6, 6.07) is -0.0609. The van der Waals surface area contributed by atoms with Crippen LogP contribution >= 0.6 is 11.3 Å². The van der Waals surface area contributed by atoms with Crippen LogP contribution in [0.25, 0.3) is 0 Å². The molecule has 0 aliphatic carbocycles. The SMILES string of the molecule is CC1CCNC1C(=O)NC(C)(C)c1nccs1. The van der Waals surface area contributed by atoms with Gasteiger partial charge in [0.25, 0.3) is 0 Å². The van der Waals surface area contributed by atoms with Crippen molar-refractivity contribution in [3.05, 3.63) is 16.6 Å². The number of rotatable bonds is 3. The van der Waals surface area contributed by atoms with Crippen LogP contribution in [-0.2, 0) is 10.3 Å². The molecule has 1 saturated heterocycles. The predicted molar refractivity (Wildman–Crippen MR) is 68.9 cm³/mol. The van der Waals surface area contributed by atoms with E-state index >= 15 is 0 Å². The highest BCUT2D eigenvalue weighted by Gasteiger charge is 2.33. The molecule has 0 bridgehead atoms. The van der Waals surface area contributed by atoms with Crippen LogP contribution in [0.3, 0.4) is 0 Å². The average molecular weight is 253 g/mol. The number of hydrogen-bond donors (Lipinski definition) is 2. The molecule has 2 rings (SSSR count). The Balaban J connectivity index is 2.03. The van der Waals surface area contributed by atoms with Crippen LogP contribution in [0.2, 0.25) is 0 Å². The zero-order valence-corrected chi connectivity index (χ0v) is 11.3. The van der Waals surface area contributed by atoms with Gasteiger partial charge in [0.2, 0.25) is 5.91 Å². The van der Waals surface area contributed by atoms with Gasteiger partial charge in [-0.2, -0.15) is 0 Å². The summed E-state index contributed by atoms with van der Waals surface area (Å²) in [6.07, 6.45) is 2.83. The van der Waals surface area contributed by atoms with Crippen molar-refractivity contribution in [1.29, 1.82) is 0 Å². The molecule has 1 aromatic heterocycles. The number of hydrogen-bond acceptors (Lipinski definition) is 4. The molecule has 2 atom stereocenters. The number of carbonyl (C=O) groups is 1. The molecule has 2 heterocycles. The van der Waals surface area contributed by atoms with E-state index in [4.69, 9.17) is 0 Å². The van der Waals surface area contributed by atoms with Crippen LogP contribution in [-0.4, -0.2) is 23.5 Å². The number of thiazole rings is 1. The van der Waals surface area contributed by atoms with E-state index in [0.29, 0.717) is 5.92 Å². The molecule has 5 heteroatoms. The number of nitrogens with zero attached hydrogens (tertiary/aromatic N) is 1. The first-order chi connectivity index (χ1) is 8.00. The third-order valence-corrected chi connectivity index (χ3v) is 4.31. The zero-order valence-electron chi connectivity index (χ0n) is 10.5. The first-order valence-corrected chi connectivity index (χ1v) is 6.84. The molecule has 0 saturated carbocycles. The van der Waals surface area contributed by atoms with Crippen LogP contribution in [0.4, 0.5) is 0 Å². The molecule has 1 amide bonds. The Kier molecular flexibility index (Phi) is 3.49. The normalized spacial score (nSPS) is 24.9. The Labute approximate surface area is 106 Å². The van der Waals surface area contributed by atoms with Crippen LogP contribution in [0.5, 0.6) is 0 Å². The van der Waals surface area contributed by atoms with Crippen molar-refractivity contribution >= 4 is 17.2 Å². The second kappa shape index (κ2) is 4.74. The number of amides is 1. The fourth-order valence-corrected chi connectivity index (χ4v) is 2.87. The van der Waals surface area contributed by atoms with Gasteiger partial charge < -0.3 is 10.6 Å². The fourth-order valence-electron chi connectivity index (χ4n) is 2.16. The standard InChI is InChI=1S/C12H19N3OS/c1-8-4-5-13-9(8)10(16)15-12(2,3)11-14-6-7-17-11/h6-9,13H,4-5H2,1-3H3,(H,15,16). The topological polar surface area (TPSA) is 54.0 Å². The van der Waals surface area contributed by atoms with E-state index in [0.717, 1.165) is 18.0 Å². The van der Waals surface area contributed by atoms with Gasteiger partial charge in [-0.1, -0.05) is 6.92 Å². The molecule has 1 aromatic rings. The number of carbonyl (C=O) groups excluding carboxylic acids is 1. The Morgan fingerprint density at radius 2 is 2.41 bits per heavy atom. The van der Waals surface area contributed by atoms with Gasteiger partial charge >= 0.3 is 0 Å². The van der Waals surface area contributed by atoms with Gasteiger partial charge in [-0.25, -0.2) is 4.98 Å². The van der Waals surface area contributed by atoms with Gasteiger partial charge in [0.1, 0.15) is 5.01 Å². The second-order valence-electron chi connectivity index (χ2n) is 5.15. The first kappa shape index (κ1) is 12.5. The third kappa shape index (κ3) is 2.66. The summed E-state index contributed by atoms with van der Waals surface area (Å²) >= 11 is 1.57. The molecule has 2 N–H and O–H groups in total. The summed E-state index contributed by atoms with van der Waals surface area (Å²) in [4.78, 5) is 16.4. The summed E-state index contributed by atoms with van der Waals surface area (Å²) in [5, 5.41) is 9.19. The van der Waals surface area contributed by atoms with Gasteiger partial charge in [-0.05, 0) is 32.7 Å². The van der Waals surface area contributed by atoms with Crippen LogP contribution < -0.4 is 10.6 Å². The van der Waals surface area contributed by atoms with E-state index in [1.54, 1.807) is 17.5 Å². The molecule has 0 radical (unpaired) electrons. The Morgan fingerprint density at radius 1 is 1.65 bits per heavy atom. The van der Waals surface area contributed by atoms with E-state index < -0.39 is 5.54 Å². The third-order valence-electron chi connectivity index (χ3n) is 3.22. The van der Waals surface area contributed by atoms with Crippen molar-refractivity contribution in [2.45, 2.75) is 38.8 Å². The Hall–Kier alpha value is -0.940. The zero-order chi connectivity index (χ0) is 12.5. The lowest BCUT2D eigenvalue weighted by Gasteiger charge is -2.26. The van der Waals surface area contributed by atoms with E-state index in [1.807, 2.05) is 19.2 Å². The highest BCUT2D eigenvalue weighted by Crippen LogP contribution is 2.23. The summed E-state index contributed by atoms with van der Waals surface area (Å²) in [5.41, 5.74) is -0.394. The van der Waals surface area contributed by atoms with Gasteiger partial charge in [-0.3, -0.25) is 4.79 Å². The molecule has 17 heavy (non-hydrogen) atoms. The van der Waals surface area contributed by atoms with Crippen LogP contribution in [0.1, 0.15) is 32.2 Å².